The molecule has 10 N–H and O–H groups in total. The van der Waals surface area contributed by atoms with Crippen LogP contribution in [0, 0.1) is 50.2 Å². The Bertz CT molecular complexity index is 1750. The predicted octanol–water partition coefficient (Wildman–Crippen LogP) is 1.35. The number of hydrogen-bond acceptors (Lipinski definition) is 16. The van der Waals surface area contributed by atoms with Crippen molar-refractivity contribution in [3.63, 3.8) is 0 Å². The normalized spacial score (nSPS) is 55.0. The molecule has 4 saturated carbocycles. The maximum absolute atomic E-state index is 13.1. The molecule has 0 bridgehead atoms. The minimum absolute atomic E-state index is 0.00330. The molecule has 17 heteroatoms. The van der Waals surface area contributed by atoms with E-state index in [-0.39, 0.29) is 52.6 Å². The molecule has 7 fully saturated rings. The van der Waals surface area contributed by atoms with Gasteiger partial charge in [0.15, 0.2) is 18.9 Å². The lowest BCUT2D eigenvalue weighted by molar-refractivity contribution is -0.383. The van der Waals surface area contributed by atoms with E-state index in [9.17, 15) is 55.9 Å². The summed E-state index contributed by atoms with van der Waals surface area (Å²) in [6.07, 6.45) is -11.9. The van der Waals surface area contributed by atoms with E-state index in [4.69, 9.17) is 28.4 Å². The van der Waals surface area contributed by atoms with Gasteiger partial charge in [-0.2, -0.15) is 0 Å². The van der Waals surface area contributed by atoms with Crippen LogP contribution in [0.25, 0.3) is 0 Å². The lowest BCUT2D eigenvalue weighted by atomic mass is 9.33. The Morgan fingerprint density at radius 1 is 0.719 bits per heavy atom. The first-order valence-electron chi connectivity index (χ1n) is 23.7. The molecule has 5 aliphatic carbocycles. The van der Waals surface area contributed by atoms with Gasteiger partial charge >= 0.3 is 5.97 Å². The van der Waals surface area contributed by atoms with E-state index < -0.39 is 116 Å². The number of fused-ring (bicyclic) bond motifs is 7. The fourth-order valence-electron chi connectivity index (χ4n) is 14.8. The highest BCUT2D eigenvalue weighted by Gasteiger charge is 2.70. The molecule has 0 unspecified atom stereocenters. The summed E-state index contributed by atoms with van der Waals surface area (Å²) < 4.78 is 36.1. The number of aliphatic hydroxyl groups is 9. The van der Waals surface area contributed by atoms with Gasteiger partial charge in [0.2, 0.25) is 0 Å². The fourth-order valence-corrected chi connectivity index (χ4v) is 14.8. The van der Waals surface area contributed by atoms with Gasteiger partial charge < -0.3 is 79.5 Å². The van der Waals surface area contributed by atoms with Crippen molar-refractivity contribution in [2.24, 2.45) is 50.2 Å². The third kappa shape index (κ3) is 7.49. The standard InChI is InChI=1S/C47H76O17/c1-22-30(51)36(63-38-34(55)33(54)32(53)26(19-48)61-38)35(56)39(60-22)64-37-31(52)25(50)20-59-40(37)62-29-11-12-43(4)27(44(29,5)21-49)10-13-46(7)28(43)9-8-23-24-18-42(2,3)14-16-47(24,41(57)58)17-15-45(23,46)6/h8,22,24-40,48-56H,9-21H2,1-7H3,(H,57,58)/t22-,24+,25-,26+,27+,28+,29-,30-,31-,32+,33-,34+,35+,36+,37+,38-,39-,40-,43-,44-,45+,46+,47-/m0/s1. The van der Waals surface area contributed by atoms with E-state index in [1.165, 1.54) is 12.5 Å². The van der Waals surface area contributed by atoms with E-state index in [2.05, 4.69) is 40.7 Å². The van der Waals surface area contributed by atoms with Crippen LogP contribution in [0.2, 0.25) is 0 Å². The lowest BCUT2D eigenvalue weighted by Gasteiger charge is -2.71. The molecule has 8 aliphatic rings. The summed E-state index contributed by atoms with van der Waals surface area (Å²) in [6.45, 7) is 14.1. The van der Waals surface area contributed by atoms with Crippen molar-refractivity contribution in [2.75, 3.05) is 19.8 Å². The highest BCUT2D eigenvalue weighted by atomic mass is 16.8. The van der Waals surface area contributed by atoms with Crippen LogP contribution in [0.3, 0.4) is 0 Å². The van der Waals surface area contributed by atoms with Gasteiger partial charge in [0, 0.05) is 5.41 Å². The molecule has 0 spiro atoms. The van der Waals surface area contributed by atoms with E-state index >= 15 is 0 Å². The molecule has 8 rings (SSSR count). The van der Waals surface area contributed by atoms with E-state index in [1.54, 1.807) is 0 Å². The first-order valence-corrected chi connectivity index (χ1v) is 23.7. The maximum atomic E-state index is 13.1. The Morgan fingerprint density at radius 2 is 1.39 bits per heavy atom. The van der Waals surface area contributed by atoms with Crippen molar-refractivity contribution < 1.29 is 84.3 Å². The SMILES string of the molecule is C[C@@H]1O[C@@H](O[C@H]2[C@H](O[C@H]3CC[C@@]4(C)[C@@H](CC[C@]5(C)[C@@H]4CC=C4[C@H]6CC(C)(C)CC[C@]6(C(=O)O)CC[C@]45C)[C@]3(C)CO)OC[C@H](O)[C@@H]2O)[C@H](O)[C@H](O[C@@H]2O[C@H](CO)[C@@H](O)[C@H](O)[C@H]2O)[C@H]1O. The monoisotopic (exact) mass is 913 g/mol. The van der Waals surface area contributed by atoms with Crippen molar-refractivity contribution in [1.82, 2.24) is 0 Å². The summed E-state index contributed by atoms with van der Waals surface area (Å²) in [5.41, 5.74) is -0.609. The fraction of sp³-hybridized carbons (Fsp3) is 0.936. The van der Waals surface area contributed by atoms with Gasteiger partial charge in [0.1, 0.15) is 61.0 Å². The molecule has 3 aliphatic heterocycles. The van der Waals surface area contributed by atoms with Gasteiger partial charge in [0.05, 0.1) is 37.4 Å². The van der Waals surface area contributed by atoms with Crippen LogP contribution in [-0.4, -0.2) is 169 Å². The second kappa shape index (κ2) is 17.2. The van der Waals surface area contributed by atoms with Gasteiger partial charge in [-0.1, -0.05) is 53.2 Å². The van der Waals surface area contributed by atoms with Crippen molar-refractivity contribution in [1.29, 1.82) is 0 Å². The zero-order valence-corrected chi connectivity index (χ0v) is 38.5. The Labute approximate surface area is 376 Å². The number of carboxylic acids is 1. The molecule has 64 heavy (non-hydrogen) atoms. The Balaban J connectivity index is 1.01. The molecular weight excluding hydrogens is 837 g/mol. The quantitative estimate of drug-likeness (QED) is 0.116. The predicted molar refractivity (Wildman–Crippen MR) is 225 cm³/mol. The van der Waals surface area contributed by atoms with Gasteiger partial charge in [-0.05, 0) is 111 Å². The molecule has 0 aromatic carbocycles. The Hall–Kier alpha value is -1.39. The van der Waals surface area contributed by atoms with E-state index in [1.807, 2.05) is 6.92 Å². The third-order valence-corrected chi connectivity index (χ3v) is 19.1. The minimum atomic E-state index is -1.82. The van der Waals surface area contributed by atoms with Crippen LogP contribution >= 0.6 is 0 Å². The average molecular weight is 913 g/mol. The molecule has 0 radical (unpaired) electrons. The number of aliphatic carboxylic acids is 1. The zero-order chi connectivity index (χ0) is 46.7. The second-order valence-electron chi connectivity index (χ2n) is 22.9. The number of hydrogen-bond donors (Lipinski definition) is 10. The van der Waals surface area contributed by atoms with Crippen LogP contribution in [0.1, 0.15) is 113 Å². The highest BCUT2D eigenvalue weighted by Crippen LogP contribution is 2.76. The number of aliphatic hydroxyl groups excluding tert-OH is 9. The van der Waals surface area contributed by atoms with Crippen molar-refractivity contribution in [3.05, 3.63) is 11.6 Å². The summed E-state index contributed by atoms with van der Waals surface area (Å²) in [7, 11) is 0. The molecule has 0 aromatic heterocycles. The molecule has 17 nitrogen and oxygen atoms in total. The smallest absolute Gasteiger partial charge is 0.310 e. The van der Waals surface area contributed by atoms with Crippen LogP contribution in [0.4, 0.5) is 0 Å². The minimum Gasteiger partial charge on any atom is -0.481 e. The molecule has 3 heterocycles. The van der Waals surface area contributed by atoms with Crippen LogP contribution in [0.5, 0.6) is 0 Å². The van der Waals surface area contributed by atoms with Crippen molar-refractivity contribution in [2.45, 2.75) is 205 Å². The molecule has 3 saturated heterocycles. The number of carbonyl (C=O) groups is 1. The van der Waals surface area contributed by atoms with Crippen LogP contribution in [0.15, 0.2) is 11.6 Å². The molecule has 0 amide bonds. The molecule has 0 aromatic rings. The number of allylic oxidation sites excluding steroid dienone is 2. The topological polar surface area (TPSA) is 275 Å². The molecule has 23 atom stereocenters. The summed E-state index contributed by atoms with van der Waals surface area (Å²) in [5, 5.41) is 108. The van der Waals surface area contributed by atoms with E-state index in [0.29, 0.717) is 19.3 Å². The Morgan fingerprint density at radius 3 is 2.06 bits per heavy atom. The van der Waals surface area contributed by atoms with Crippen LogP contribution < -0.4 is 0 Å². The molecular formula is C47H76O17. The lowest BCUT2D eigenvalue weighted by Crippen LogP contribution is -2.67. The molecule has 366 valence electrons. The number of rotatable bonds is 9. The largest absolute Gasteiger partial charge is 0.481 e. The van der Waals surface area contributed by atoms with Crippen molar-refractivity contribution >= 4 is 5.97 Å². The average Bonchev–Trinajstić information content (AvgIpc) is 3.24. The number of ether oxygens (including phenoxy) is 6. The second-order valence-corrected chi connectivity index (χ2v) is 22.9. The zero-order valence-electron chi connectivity index (χ0n) is 38.5. The summed E-state index contributed by atoms with van der Waals surface area (Å²) >= 11 is 0. The summed E-state index contributed by atoms with van der Waals surface area (Å²) in [6, 6.07) is 0. The summed E-state index contributed by atoms with van der Waals surface area (Å²) in [4.78, 5) is 13.1. The highest BCUT2D eigenvalue weighted by molar-refractivity contribution is 5.76. The van der Waals surface area contributed by atoms with Crippen molar-refractivity contribution in [3.8, 4) is 0 Å². The Kier molecular flexibility index (Phi) is 13.2. The first kappa shape index (κ1) is 49.0. The van der Waals surface area contributed by atoms with E-state index in [0.717, 1.165) is 44.9 Å². The van der Waals surface area contributed by atoms with Crippen LogP contribution in [-0.2, 0) is 33.2 Å². The van der Waals surface area contributed by atoms with Gasteiger partial charge in [-0.15, -0.1) is 0 Å². The first-order chi connectivity index (χ1) is 29.9. The summed E-state index contributed by atoms with van der Waals surface area (Å²) in [5.74, 6) is -0.391. The van der Waals surface area contributed by atoms with Gasteiger partial charge in [-0.25, -0.2) is 0 Å². The maximum Gasteiger partial charge on any atom is 0.310 e. The van der Waals surface area contributed by atoms with Gasteiger partial charge in [0.25, 0.3) is 0 Å². The number of carboxylic acid groups (broad SMARTS) is 1. The van der Waals surface area contributed by atoms with Gasteiger partial charge in [-0.3, -0.25) is 4.79 Å². The third-order valence-electron chi connectivity index (χ3n) is 19.1.